The van der Waals surface area contributed by atoms with Crippen LogP contribution in [-0.2, 0) is 4.79 Å². The highest BCUT2D eigenvalue weighted by Crippen LogP contribution is 2.33. The summed E-state index contributed by atoms with van der Waals surface area (Å²) in [7, 11) is 0. The molecule has 4 heteroatoms. The van der Waals surface area contributed by atoms with Gasteiger partial charge in [-0.2, -0.15) is 0 Å². The topological polar surface area (TPSA) is 49.3 Å². The lowest BCUT2D eigenvalue weighted by Gasteiger charge is -2.02. The van der Waals surface area contributed by atoms with Crippen LogP contribution in [0, 0.1) is 0 Å². The molecule has 0 amide bonds. The van der Waals surface area contributed by atoms with Gasteiger partial charge in [0.1, 0.15) is 5.92 Å². The van der Waals surface area contributed by atoms with Crippen LogP contribution in [0.15, 0.2) is 18.2 Å². The maximum Gasteiger partial charge on any atom is 0.312 e. The van der Waals surface area contributed by atoms with Crippen molar-refractivity contribution in [3.8, 4) is 0 Å². The minimum atomic E-state index is -0.798. The minimum absolute atomic E-state index is 0.438. The lowest BCUT2D eigenvalue weighted by atomic mass is 10.0. The van der Waals surface area contributed by atoms with Crippen molar-refractivity contribution in [3.05, 3.63) is 28.8 Å². The van der Waals surface area contributed by atoms with Crippen LogP contribution >= 0.6 is 11.6 Å². The van der Waals surface area contributed by atoms with Crippen molar-refractivity contribution in [2.75, 3.05) is 11.9 Å². The van der Waals surface area contributed by atoms with Gasteiger partial charge in [0.15, 0.2) is 0 Å². The van der Waals surface area contributed by atoms with Gasteiger partial charge in [-0.1, -0.05) is 17.7 Å². The third kappa shape index (κ3) is 1.35. The summed E-state index contributed by atoms with van der Waals surface area (Å²) in [5, 5.41) is 12.5. The van der Waals surface area contributed by atoms with Gasteiger partial charge in [0.2, 0.25) is 0 Å². The number of hydrogen-bond acceptors (Lipinski definition) is 2. The van der Waals surface area contributed by atoms with Crippen LogP contribution in [0.5, 0.6) is 0 Å². The smallest absolute Gasteiger partial charge is 0.312 e. The summed E-state index contributed by atoms with van der Waals surface area (Å²) < 4.78 is 0. The van der Waals surface area contributed by atoms with Gasteiger partial charge in [0, 0.05) is 17.3 Å². The highest BCUT2D eigenvalue weighted by molar-refractivity contribution is 6.30. The number of halogens is 1. The van der Waals surface area contributed by atoms with E-state index in [1.807, 2.05) is 0 Å². The van der Waals surface area contributed by atoms with Gasteiger partial charge in [0.25, 0.3) is 0 Å². The van der Waals surface area contributed by atoms with E-state index in [2.05, 4.69) is 5.32 Å². The fraction of sp³-hybridized carbons (Fsp3) is 0.222. The number of carbonyl (C=O) groups is 1. The summed E-state index contributed by atoms with van der Waals surface area (Å²) in [5.74, 6) is -1.24. The highest BCUT2D eigenvalue weighted by Gasteiger charge is 2.27. The summed E-state index contributed by atoms with van der Waals surface area (Å²) in [4.78, 5) is 10.8. The van der Waals surface area contributed by atoms with E-state index < -0.39 is 11.9 Å². The second-order valence-corrected chi connectivity index (χ2v) is 3.44. The molecule has 68 valence electrons. The van der Waals surface area contributed by atoms with E-state index in [9.17, 15) is 4.79 Å². The molecule has 1 unspecified atom stereocenters. The number of hydrogen-bond donors (Lipinski definition) is 2. The molecule has 0 radical (unpaired) electrons. The number of nitrogens with one attached hydrogen (secondary N) is 1. The fourth-order valence-electron chi connectivity index (χ4n) is 1.53. The van der Waals surface area contributed by atoms with Gasteiger partial charge in [0.05, 0.1) is 0 Å². The molecule has 0 spiro atoms. The molecule has 0 fully saturated rings. The molecule has 0 bridgehead atoms. The molecule has 1 aliphatic heterocycles. The zero-order valence-electron chi connectivity index (χ0n) is 6.75. The average molecular weight is 198 g/mol. The maximum atomic E-state index is 10.8. The molecule has 0 aromatic heterocycles. The minimum Gasteiger partial charge on any atom is -0.481 e. The third-order valence-electron chi connectivity index (χ3n) is 2.19. The maximum absolute atomic E-state index is 10.8. The Kier molecular flexibility index (Phi) is 1.88. The van der Waals surface area contributed by atoms with Gasteiger partial charge < -0.3 is 10.4 Å². The molecule has 0 saturated carbocycles. The molecule has 1 aromatic rings. The number of benzene rings is 1. The Labute approximate surface area is 80.3 Å². The predicted octanol–water partition coefficient (Wildman–Crippen LogP) is 1.93. The Morgan fingerprint density at radius 1 is 1.62 bits per heavy atom. The lowest BCUT2D eigenvalue weighted by Crippen LogP contribution is -2.12. The zero-order chi connectivity index (χ0) is 9.42. The van der Waals surface area contributed by atoms with Gasteiger partial charge in [-0.15, -0.1) is 0 Å². The Hall–Kier alpha value is -1.22. The molecule has 0 aliphatic carbocycles. The van der Waals surface area contributed by atoms with Crippen molar-refractivity contribution in [1.82, 2.24) is 0 Å². The monoisotopic (exact) mass is 197 g/mol. The van der Waals surface area contributed by atoms with Gasteiger partial charge in [-0.05, 0) is 17.7 Å². The zero-order valence-corrected chi connectivity index (χ0v) is 7.51. The van der Waals surface area contributed by atoms with Crippen molar-refractivity contribution in [2.45, 2.75) is 5.92 Å². The van der Waals surface area contributed by atoms with Crippen LogP contribution in [0.4, 0.5) is 5.69 Å². The molecule has 13 heavy (non-hydrogen) atoms. The molecule has 3 nitrogen and oxygen atoms in total. The van der Waals surface area contributed by atoms with Crippen LogP contribution in [0.3, 0.4) is 0 Å². The van der Waals surface area contributed by atoms with Gasteiger partial charge in [-0.3, -0.25) is 4.79 Å². The van der Waals surface area contributed by atoms with Crippen LogP contribution in [0.25, 0.3) is 0 Å². The van der Waals surface area contributed by atoms with Crippen LogP contribution in [-0.4, -0.2) is 17.6 Å². The molecule has 0 saturated heterocycles. The SMILES string of the molecule is O=C(O)C1CNc2cc(Cl)ccc21. The Morgan fingerprint density at radius 2 is 2.38 bits per heavy atom. The van der Waals surface area contributed by atoms with E-state index in [0.717, 1.165) is 11.3 Å². The number of carboxylic acid groups (broad SMARTS) is 1. The number of carboxylic acids is 1. The Balaban J connectivity index is 2.44. The Morgan fingerprint density at radius 3 is 3.08 bits per heavy atom. The molecule has 2 rings (SSSR count). The first kappa shape index (κ1) is 8.38. The number of anilines is 1. The number of rotatable bonds is 1. The van der Waals surface area contributed by atoms with Crippen molar-refractivity contribution >= 4 is 23.3 Å². The standard InChI is InChI=1S/C9H8ClNO2/c10-5-1-2-6-7(9(12)13)4-11-8(6)3-5/h1-3,7,11H,4H2,(H,12,13). The van der Waals surface area contributed by atoms with Crippen molar-refractivity contribution in [3.63, 3.8) is 0 Å². The second kappa shape index (κ2) is 2.92. The van der Waals surface area contributed by atoms with Crippen molar-refractivity contribution < 1.29 is 9.90 Å². The molecule has 1 aromatic carbocycles. The largest absolute Gasteiger partial charge is 0.481 e. The first-order valence-electron chi connectivity index (χ1n) is 3.94. The predicted molar refractivity (Wildman–Crippen MR) is 50.3 cm³/mol. The fourth-order valence-corrected chi connectivity index (χ4v) is 1.70. The molecule has 1 atom stereocenters. The normalized spacial score (nSPS) is 19.3. The first-order chi connectivity index (χ1) is 6.18. The first-order valence-corrected chi connectivity index (χ1v) is 4.32. The molecule has 2 N–H and O–H groups in total. The molecular formula is C9H8ClNO2. The van der Waals surface area contributed by atoms with Crippen LogP contribution in [0.1, 0.15) is 11.5 Å². The summed E-state index contributed by atoms with van der Waals surface area (Å²) in [6, 6.07) is 5.22. The second-order valence-electron chi connectivity index (χ2n) is 3.00. The van der Waals surface area contributed by atoms with E-state index in [1.54, 1.807) is 18.2 Å². The third-order valence-corrected chi connectivity index (χ3v) is 2.42. The van der Waals surface area contributed by atoms with E-state index in [0.29, 0.717) is 11.6 Å². The summed E-state index contributed by atoms with van der Waals surface area (Å²) >= 11 is 5.76. The highest BCUT2D eigenvalue weighted by atomic mass is 35.5. The van der Waals surface area contributed by atoms with Crippen molar-refractivity contribution in [1.29, 1.82) is 0 Å². The Bertz CT molecular complexity index is 365. The van der Waals surface area contributed by atoms with Crippen molar-refractivity contribution in [2.24, 2.45) is 0 Å². The van der Waals surface area contributed by atoms with Crippen LogP contribution in [0.2, 0.25) is 5.02 Å². The van der Waals surface area contributed by atoms with Gasteiger partial charge >= 0.3 is 5.97 Å². The summed E-state index contributed by atoms with van der Waals surface area (Å²) in [5.41, 5.74) is 1.65. The van der Waals surface area contributed by atoms with E-state index >= 15 is 0 Å². The average Bonchev–Trinajstić information content (AvgIpc) is 2.46. The lowest BCUT2D eigenvalue weighted by molar-refractivity contribution is -0.138. The summed E-state index contributed by atoms with van der Waals surface area (Å²) in [6.07, 6.45) is 0. The van der Waals surface area contributed by atoms with E-state index in [-0.39, 0.29) is 0 Å². The van der Waals surface area contributed by atoms with E-state index in [1.165, 1.54) is 0 Å². The van der Waals surface area contributed by atoms with Crippen LogP contribution < -0.4 is 5.32 Å². The van der Waals surface area contributed by atoms with Gasteiger partial charge in [-0.25, -0.2) is 0 Å². The summed E-state index contributed by atoms with van der Waals surface area (Å²) in [6.45, 7) is 0.449. The quantitative estimate of drug-likeness (QED) is 0.724. The number of aliphatic carboxylic acids is 1. The molecule has 1 aliphatic rings. The van der Waals surface area contributed by atoms with E-state index in [4.69, 9.17) is 16.7 Å². The molecule has 1 heterocycles. The molecular weight excluding hydrogens is 190 g/mol. The number of fused-ring (bicyclic) bond motifs is 1.